The van der Waals surface area contributed by atoms with Crippen LogP contribution in [0.1, 0.15) is 5.56 Å². The number of nitriles is 1. The molecule has 2 rings (SSSR count). The Hall–Kier alpha value is -1.80. The predicted octanol–water partition coefficient (Wildman–Crippen LogP) is 2.56. The summed E-state index contributed by atoms with van der Waals surface area (Å²) in [5.74, 6) is 0.857. The lowest BCUT2D eigenvalue weighted by Crippen LogP contribution is -1.81. The first-order valence-corrected chi connectivity index (χ1v) is 4.92. The van der Waals surface area contributed by atoms with Crippen molar-refractivity contribution in [3.8, 4) is 17.4 Å². The van der Waals surface area contributed by atoms with E-state index in [2.05, 4.69) is 27.2 Å². The largest absolute Gasteiger partial charge is 0.381 e. The summed E-state index contributed by atoms with van der Waals surface area (Å²) >= 11 is 3.37. The van der Waals surface area contributed by atoms with E-state index in [1.807, 2.05) is 0 Å². The molecule has 2 aromatic rings. The second-order valence-electron chi connectivity index (χ2n) is 2.92. The van der Waals surface area contributed by atoms with Crippen molar-refractivity contribution in [3.05, 3.63) is 34.3 Å². The first-order chi connectivity index (χ1) is 7.20. The summed E-state index contributed by atoms with van der Waals surface area (Å²) in [6.45, 7) is 0. The van der Waals surface area contributed by atoms with E-state index in [0.29, 0.717) is 17.1 Å². The number of hydrogen-bond donors (Lipinski definition) is 1. The molecule has 0 aliphatic heterocycles. The Balaban J connectivity index is 2.57. The molecule has 0 aliphatic carbocycles. The lowest BCUT2D eigenvalue weighted by atomic mass is 10.1. The van der Waals surface area contributed by atoms with Gasteiger partial charge in [0.2, 0.25) is 0 Å². The number of nitrogen functional groups attached to an aromatic ring is 1. The van der Waals surface area contributed by atoms with Crippen LogP contribution >= 0.6 is 15.9 Å². The second kappa shape index (κ2) is 3.75. The van der Waals surface area contributed by atoms with Crippen LogP contribution in [0.3, 0.4) is 0 Å². The van der Waals surface area contributed by atoms with Crippen LogP contribution < -0.4 is 5.73 Å². The van der Waals surface area contributed by atoms with Crippen molar-refractivity contribution in [1.82, 2.24) is 5.16 Å². The maximum atomic E-state index is 8.77. The third kappa shape index (κ3) is 1.85. The summed E-state index contributed by atoms with van der Waals surface area (Å²) in [5, 5.41) is 12.4. The Labute approximate surface area is 94.4 Å². The number of nitrogens with two attached hydrogens (primary N) is 1. The van der Waals surface area contributed by atoms with Crippen LogP contribution in [0.2, 0.25) is 0 Å². The Bertz CT molecular complexity index is 542. The Kier molecular flexibility index (Phi) is 2.44. The van der Waals surface area contributed by atoms with Gasteiger partial charge in [0.15, 0.2) is 11.6 Å². The summed E-state index contributed by atoms with van der Waals surface area (Å²) in [7, 11) is 0. The van der Waals surface area contributed by atoms with Gasteiger partial charge in [0.25, 0.3) is 0 Å². The molecule has 0 fully saturated rings. The minimum atomic E-state index is 0.319. The van der Waals surface area contributed by atoms with E-state index >= 15 is 0 Å². The third-order valence-electron chi connectivity index (χ3n) is 1.89. The van der Waals surface area contributed by atoms with Crippen molar-refractivity contribution >= 4 is 21.7 Å². The highest BCUT2D eigenvalue weighted by Crippen LogP contribution is 2.29. The normalized spacial score (nSPS) is 9.87. The van der Waals surface area contributed by atoms with Gasteiger partial charge in [0, 0.05) is 16.1 Å². The van der Waals surface area contributed by atoms with Gasteiger partial charge in [-0.25, -0.2) is 0 Å². The number of hydrogen-bond acceptors (Lipinski definition) is 4. The van der Waals surface area contributed by atoms with Crippen LogP contribution in [0.25, 0.3) is 11.3 Å². The van der Waals surface area contributed by atoms with E-state index in [9.17, 15) is 0 Å². The summed E-state index contributed by atoms with van der Waals surface area (Å²) in [6.07, 6.45) is 0. The number of nitrogens with zero attached hydrogens (tertiary/aromatic N) is 2. The van der Waals surface area contributed by atoms with Gasteiger partial charge in [-0.1, -0.05) is 21.1 Å². The molecule has 74 valence electrons. The number of anilines is 1. The van der Waals surface area contributed by atoms with Crippen LogP contribution in [0.15, 0.2) is 33.3 Å². The number of rotatable bonds is 1. The average molecular weight is 264 g/mol. The molecule has 1 aromatic carbocycles. The predicted molar refractivity (Wildman–Crippen MR) is 58.8 cm³/mol. The molecule has 0 aliphatic rings. The Morgan fingerprint density at radius 1 is 1.40 bits per heavy atom. The number of aromatic nitrogens is 1. The van der Waals surface area contributed by atoms with Crippen LogP contribution in [-0.4, -0.2) is 5.16 Å². The highest BCUT2D eigenvalue weighted by Gasteiger charge is 2.09. The molecule has 4 nitrogen and oxygen atoms in total. The van der Waals surface area contributed by atoms with Crippen LogP contribution in [0, 0.1) is 11.3 Å². The highest BCUT2D eigenvalue weighted by molar-refractivity contribution is 9.10. The molecule has 1 aromatic heterocycles. The molecule has 0 bridgehead atoms. The molecule has 0 amide bonds. The monoisotopic (exact) mass is 263 g/mol. The van der Waals surface area contributed by atoms with E-state index in [0.717, 1.165) is 10.0 Å². The molecular formula is C10H6BrN3O. The molecule has 0 saturated carbocycles. The SMILES string of the molecule is N#Cc1ccc(Br)c(-c2cc(N)no2)c1. The van der Waals surface area contributed by atoms with Gasteiger partial charge in [-0.2, -0.15) is 5.26 Å². The van der Waals surface area contributed by atoms with Gasteiger partial charge >= 0.3 is 0 Å². The van der Waals surface area contributed by atoms with Crippen molar-refractivity contribution in [1.29, 1.82) is 5.26 Å². The van der Waals surface area contributed by atoms with E-state index in [-0.39, 0.29) is 0 Å². The van der Waals surface area contributed by atoms with Crippen molar-refractivity contribution < 1.29 is 4.52 Å². The van der Waals surface area contributed by atoms with Crippen molar-refractivity contribution in [2.45, 2.75) is 0 Å². The zero-order chi connectivity index (χ0) is 10.8. The van der Waals surface area contributed by atoms with Crippen molar-refractivity contribution in [3.63, 3.8) is 0 Å². The molecule has 0 radical (unpaired) electrons. The summed E-state index contributed by atoms with van der Waals surface area (Å²) in [5.41, 5.74) is 6.77. The number of benzene rings is 1. The van der Waals surface area contributed by atoms with Crippen molar-refractivity contribution in [2.75, 3.05) is 5.73 Å². The van der Waals surface area contributed by atoms with Gasteiger partial charge in [0.1, 0.15) is 0 Å². The van der Waals surface area contributed by atoms with Gasteiger partial charge in [0.05, 0.1) is 11.6 Å². The summed E-state index contributed by atoms with van der Waals surface area (Å²) in [6, 6.07) is 8.88. The standard InChI is InChI=1S/C10H6BrN3O/c11-8-2-1-6(5-12)3-7(8)9-4-10(13)14-15-9/h1-4H,(H2,13,14). The third-order valence-corrected chi connectivity index (χ3v) is 2.58. The maximum Gasteiger partial charge on any atom is 0.170 e. The maximum absolute atomic E-state index is 8.77. The highest BCUT2D eigenvalue weighted by atomic mass is 79.9. The van der Waals surface area contributed by atoms with Gasteiger partial charge in [-0.3, -0.25) is 0 Å². The molecule has 1 heterocycles. The molecule has 0 unspecified atom stereocenters. The average Bonchev–Trinajstić information content (AvgIpc) is 2.65. The van der Waals surface area contributed by atoms with E-state index < -0.39 is 0 Å². The second-order valence-corrected chi connectivity index (χ2v) is 3.78. The van der Waals surface area contributed by atoms with Gasteiger partial charge in [-0.05, 0) is 18.2 Å². The summed E-state index contributed by atoms with van der Waals surface area (Å²) < 4.78 is 5.85. The first-order valence-electron chi connectivity index (χ1n) is 4.13. The van der Waals surface area contributed by atoms with E-state index in [1.54, 1.807) is 24.3 Å². The fourth-order valence-corrected chi connectivity index (χ4v) is 1.64. The zero-order valence-electron chi connectivity index (χ0n) is 7.57. The minimum Gasteiger partial charge on any atom is -0.381 e. The fourth-order valence-electron chi connectivity index (χ4n) is 1.20. The smallest absolute Gasteiger partial charge is 0.170 e. The Morgan fingerprint density at radius 2 is 2.20 bits per heavy atom. The minimum absolute atomic E-state index is 0.319. The van der Waals surface area contributed by atoms with Crippen LogP contribution in [0.4, 0.5) is 5.82 Å². The van der Waals surface area contributed by atoms with E-state index in [4.69, 9.17) is 15.5 Å². The van der Waals surface area contributed by atoms with Gasteiger partial charge < -0.3 is 10.3 Å². The van der Waals surface area contributed by atoms with Crippen LogP contribution in [0.5, 0.6) is 0 Å². The molecule has 0 atom stereocenters. The molecular weight excluding hydrogens is 258 g/mol. The molecule has 0 saturated heterocycles. The summed E-state index contributed by atoms with van der Waals surface area (Å²) in [4.78, 5) is 0. The van der Waals surface area contributed by atoms with Crippen molar-refractivity contribution in [2.24, 2.45) is 0 Å². The van der Waals surface area contributed by atoms with E-state index in [1.165, 1.54) is 0 Å². The molecule has 2 N–H and O–H groups in total. The lowest BCUT2D eigenvalue weighted by molar-refractivity contribution is 0.435. The molecule has 15 heavy (non-hydrogen) atoms. The quantitative estimate of drug-likeness (QED) is 0.858. The number of halogens is 1. The Morgan fingerprint density at radius 3 is 2.80 bits per heavy atom. The van der Waals surface area contributed by atoms with Gasteiger partial charge in [-0.15, -0.1) is 0 Å². The topological polar surface area (TPSA) is 75.8 Å². The first kappa shape index (κ1) is 9.74. The zero-order valence-corrected chi connectivity index (χ0v) is 9.15. The van der Waals surface area contributed by atoms with Crippen LogP contribution in [-0.2, 0) is 0 Å². The molecule has 0 spiro atoms. The fraction of sp³-hybridized carbons (Fsp3) is 0. The lowest BCUT2D eigenvalue weighted by Gasteiger charge is -1.99. The molecule has 5 heteroatoms.